The van der Waals surface area contributed by atoms with Crippen molar-refractivity contribution >= 4 is 5.97 Å². The van der Waals surface area contributed by atoms with Crippen LogP contribution in [0.2, 0.25) is 0 Å². The summed E-state index contributed by atoms with van der Waals surface area (Å²) in [5, 5.41) is 15.4. The summed E-state index contributed by atoms with van der Waals surface area (Å²) in [6.07, 6.45) is 0.842. The molecule has 1 aliphatic rings. The van der Waals surface area contributed by atoms with Crippen molar-refractivity contribution < 1.29 is 18.7 Å². The third-order valence-electron chi connectivity index (χ3n) is 2.19. The first kappa shape index (κ1) is 9.04. The number of alkyl halides is 2. The number of halogens is 2. The van der Waals surface area contributed by atoms with Crippen molar-refractivity contribution in [3.8, 4) is 0 Å². The zero-order chi connectivity index (χ0) is 10.3. The molecule has 0 aliphatic heterocycles. The van der Waals surface area contributed by atoms with E-state index >= 15 is 0 Å². The van der Waals surface area contributed by atoms with Crippen molar-refractivity contribution in [1.82, 2.24) is 15.0 Å². The Morgan fingerprint density at radius 1 is 1.79 bits per heavy atom. The van der Waals surface area contributed by atoms with Crippen LogP contribution in [0, 0.1) is 5.92 Å². The molecule has 1 saturated carbocycles. The molecule has 14 heavy (non-hydrogen) atoms. The molecule has 1 aromatic heterocycles. The maximum atomic E-state index is 12.5. The lowest BCUT2D eigenvalue weighted by Gasteiger charge is -2.00. The number of hydrogen-bond donors (Lipinski definition) is 1. The van der Waals surface area contributed by atoms with Gasteiger partial charge in [0.25, 0.3) is 5.92 Å². The fraction of sp³-hybridized carbons (Fsp3) is 0.571. The van der Waals surface area contributed by atoms with Crippen molar-refractivity contribution in [3.05, 3.63) is 11.9 Å². The lowest BCUT2D eigenvalue weighted by Crippen LogP contribution is -2.13. The Balaban J connectivity index is 2.10. The SMILES string of the molecule is O=C(O)c1cnnn1CC1CC1(F)F. The molecule has 1 unspecified atom stereocenters. The van der Waals surface area contributed by atoms with E-state index in [0.717, 1.165) is 10.9 Å². The molecular formula is C7H7F2N3O2. The van der Waals surface area contributed by atoms with Crippen molar-refractivity contribution in [2.24, 2.45) is 5.92 Å². The Hall–Kier alpha value is -1.53. The summed E-state index contributed by atoms with van der Waals surface area (Å²) in [5.74, 6) is -4.68. The molecule has 1 aromatic rings. The molecule has 1 N–H and O–H groups in total. The van der Waals surface area contributed by atoms with Crippen LogP contribution in [-0.2, 0) is 6.54 Å². The molecule has 0 amide bonds. The average molecular weight is 203 g/mol. The van der Waals surface area contributed by atoms with E-state index in [0.29, 0.717) is 0 Å². The Bertz CT molecular complexity index is 377. The Labute approximate surface area is 77.3 Å². The van der Waals surface area contributed by atoms with Crippen LogP contribution in [0.5, 0.6) is 0 Å². The van der Waals surface area contributed by atoms with Crippen LogP contribution in [-0.4, -0.2) is 32.0 Å². The quantitative estimate of drug-likeness (QED) is 0.782. The Morgan fingerprint density at radius 3 is 2.93 bits per heavy atom. The largest absolute Gasteiger partial charge is 0.476 e. The van der Waals surface area contributed by atoms with Crippen molar-refractivity contribution in [3.63, 3.8) is 0 Å². The fourth-order valence-corrected chi connectivity index (χ4v) is 1.23. The molecule has 5 nitrogen and oxygen atoms in total. The molecular weight excluding hydrogens is 196 g/mol. The predicted octanol–water partition coefficient (Wildman–Crippen LogP) is 0.631. The van der Waals surface area contributed by atoms with Gasteiger partial charge in [-0.3, -0.25) is 0 Å². The summed E-state index contributed by atoms with van der Waals surface area (Å²) in [4.78, 5) is 10.6. The number of nitrogens with zero attached hydrogens (tertiary/aromatic N) is 3. The van der Waals surface area contributed by atoms with Gasteiger partial charge in [0.05, 0.1) is 12.7 Å². The first-order chi connectivity index (χ1) is 6.50. The second kappa shape index (κ2) is 2.73. The minimum atomic E-state index is -2.66. The molecule has 0 saturated heterocycles. The third-order valence-corrected chi connectivity index (χ3v) is 2.19. The highest BCUT2D eigenvalue weighted by Crippen LogP contribution is 2.49. The number of carboxylic acid groups (broad SMARTS) is 1. The van der Waals surface area contributed by atoms with Gasteiger partial charge in [-0.05, 0) is 0 Å². The van der Waals surface area contributed by atoms with E-state index in [1.54, 1.807) is 0 Å². The van der Waals surface area contributed by atoms with Gasteiger partial charge in [-0.15, -0.1) is 5.10 Å². The van der Waals surface area contributed by atoms with Crippen LogP contribution in [0.1, 0.15) is 16.9 Å². The molecule has 0 aromatic carbocycles. The number of rotatable bonds is 3. The zero-order valence-electron chi connectivity index (χ0n) is 7.02. The van der Waals surface area contributed by atoms with Gasteiger partial charge < -0.3 is 5.11 Å². The molecule has 2 rings (SSSR count). The zero-order valence-corrected chi connectivity index (χ0v) is 7.02. The van der Waals surface area contributed by atoms with Crippen molar-refractivity contribution in [2.75, 3.05) is 0 Å². The van der Waals surface area contributed by atoms with Crippen LogP contribution in [0.4, 0.5) is 8.78 Å². The second-order valence-electron chi connectivity index (χ2n) is 3.27. The van der Waals surface area contributed by atoms with Gasteiger partial charge in [0, 0.05) is 12.3 Å². The van der Waals surface area contributed by atoms with Crippen LogP contribution in [0.3, 0.4) is 0 Å². The highest BCUT2D eigenvalue weighted by molar-refractivity contribution is 5.85. The first-order valence-electron chi connectivity index (χ1n) is 4.00. The van der Waals surface area contributed by atoms with Crippen molar-refractivity contribution in [2.45, 2.75) is 18.9 Å². The normalized spacial score (nSPS) is 23.4. The van der Waals surface area contributed by atoms with E-state index in [-0.39, 0.29) is 18.7 Å². The molecule has 1 heterocycles. The first-order valence-corrected chi connectivity index (χ1v) is 4.00. The summed E-state index contributed by atoms with van der Waals surface area (Å²) in [7, 11) is 0. The minimum Gasteiger partial charge on any atom is -0.476 e. The number of aromatic carboxylic acids is 1. The number of carboxylic acids is 1. The van der Waals surface area contributed by atoms with E-state index in [2.05, 4.69) is 10.3 Å². The van der Waals surface area contributed by atoms with Gasteiger partial charge in [-0.2, -0.15) is 0 Å². The maximum absolute atomic E-state index is 12.5. The lowest BCUT2D eigenvalue weighted by atomic mass is 10.4. The second-order valence-corrected chi connectivity index (χ2v) is 3.27. The summed E-state index contributed by atoms with van der Waals surface area (Å²) in [5.41, 5.74) is -0.160. The van der Waals surface area contributed by atoms with Gasteiger partial charge >= 0.3 is 5.97 Å². The summed E-state index contributed by atoms with van der Waals surface area (Å²) < 4.78 is 26.0. The van der Waals surface area contributed by atoms with E-state index in [4.69, 9.17) is 5.11 Å². The molecule has 0 spiro atoms. The van der Waals surface area contributed by atoms with E-state index in [1.165, 1.54) is 0 Å². The highest BCUT2D eigenvalue weighted by Gasteiger charge is 2.57. The molecule has 1 atom stereocenters. The minimum absolute atomic E-state index is 0.0887. The van der Waals surface area contributed by atoms with Crippen LogP contribution in [0.25, 0.3) is 0 Å². The Morgan fingerprint density at radius 2 is 2.43 bits per heavy atom. The summed E-state index contributed by atoms with van der Waals surface area (Å²) >= 11 is 0. The Kier molecular flexibility index (Phi) is 1.76. The topological polar surface area (TPSA) is 68.0 Å². The monoisotopic (exact) mass is 203 g/mol. The molecule has 76 valence electrons. The lowest BCUT2D eigenvalue weighted by molar-refractivity contribution is 0.0674. The smallest absolute Gasteiger partial charge is 0.355 e. The van der Waals surface area contributed by atoms with Crippen LogP contribution < -0.4 is 0 Å². The van der Waals surface area contributed by atoms with Crippen LogP contribution >= 0.6 is 0 Å². The summed E-state index contributed by atoms with van der Waals surface area (Å²) in [6.45, 7) is -0.0887. The number of carbonyl (C=O) groups is 1. The summed E-state index contributed by atoms with van der Waals surface area (Å²) in [6, 6.07) is 0. The highest BCUT2D eigenvalue weighted by atomic mass is 19.3. The molecule has 0 bridgehead atoms. The number of hydrogen-bond acceptors (Lipinski definition) is 3. The van der Waals surface area contributed by atoms with Gasteiger partial charge in [0.1, 0.15) is 0 Å². The maximum Gasteiger partial charge on any atom is 0.355 e. The van der Waals surface area contributed by atoms with E-state index in [1.807, 2.05) is 0 Å². The molecule has 0 radical (unpaired) electrons. The average Bonchev–Trinajstić information content (AvgIpc) is 2.52. The van der Waals surface area contributed by atoms with E-state index in [9.17, 15) is 13.6 Å². The van der Waals surface area contributed by atoms with Crippen molar-refractivity contribution in [1.29, 1.82) is 0 Å². The van der Waals surface area contributed by atoms with Gasteiger partial charge in [0.2, 0.25) is 0 Å². The fourth-order valence-electron chi connectivity index (χ4n) is 1.23. The van der Waals surface area contributed by atoms with Crippen LogP contribution in [0.15, 0.2) is 6.20 Å². The molecule has 7 heteroatoms. The molecule has 1 aliphatic carbocycles. The molecule has 1 fully saturated rings. The predicted molar refractivity (Wildman–Crippen MR) is 40.0 cm³/mol. The third kappa shape index (κ3) is 1.45. The number of aromatic nitrogens is 3. The van der Waals surface area contributed by atoms with E-state index < -0.39 is 17.8 Å². The van der Waals surface area contributed by atoms with Gasteiger partial charge in [0.15, 0.2) is 5.69 Å². The standard InChI is InChI=1S/C7H7F2N3O2/c8-7(9)1-4(7)3-12-5(6(13)14)2-10-11-12/h2,4H,1,3H2,(H,13,14). The van der Waals surface area contributed by atoms with Gasteiger partial charge in [-0.25, -0.2) is 18.3 Å². The van der Waals surface area contributed by atoms with Gasteiger partial charge in [-0.1, -0.05) is 5.21 Å².